The summed E-state index contributed by atoms with van der Waals surface area (Å²) >= 11 is 0. The van der Waals surface area contributed by atoms with Crippen molar-refractivity contribution in [3.63, 3.8) is 0 Å². The van der Waals surface area contributed by atoms with Gasteiger partial charge in [-0.15, -0.1) is 0 Å². The van der Waals surface area contributed by atoms with Crippen LogP contribution in [-0.4, -0.2) is 39.4 Å². The molecule has 0 aromatic carbocycles. The number of piperidine rings is 1. The highest BCUT2D eigenvalue weighted by atomic mass is 16.5. The molecule has 2 N–H and O–H groups in total. The van der Waals surface area contributed by atoms with Gasteiger partial charge in [0.1, 0.15) is 0 Å². The van der Waals surface area contributed by atoms with Gasteiger partial charge in [-0.1, -0.05) is 13.8 Å². The molecule has 2 saturated heterocycles. The lowest BCUT2D eigenvalue weighted by Crippen LogP contribution is -2.47. The van der Waals surface area contributed by atoms with E-state index in [-0.39, 0.29) is 0 Å². The van der Waals surface area contributed by atoms with Crippen LogP contribution in [-0.2, 0) is 4.74 Å². The summed E-state index contributed by atoms with van der Waals surface area (Å²) in [5.41, 5.74) is 0.913. The Kier molecular flexibility index (Phi) is 4.45. The lowest BCUT2D eigenvalue weighted by atomic mass is 9.80. The highest BCUT2D eigenvalue weighted by Gasteiger charge is 2.30. The van der Waals surface area contributed by atoms with E-state index < -0.39 is 0 Å². The number of rotatable bonds is 4. The lowest BCUT2D eigenvalue weighted by Gasteiger charge is -2.38. The van der Waals surface area contributed by atoms with Gasteiger partial charge in [0.2, 0.25) is 0 Å². The quantitative estimate of drug-likeness (QED) is 0.786. The van der Waals surface area contributed by atoms with Gasteiger partial charge in [-0.05, 0) is 43.1 Å². The van der Waals surface area contributed by atoms with Crippen LogP contribution in [0.2, 0.25) is 0 Å². The Labute approximate surface area is 106 Å². The predicted molar refractivity (Wildman–Crippen MR) is 71.2 cm³/mol. The highest BCUT2D eigenvalue weighted by molar-refractivity contribution is 4.85. The molecule has 1 unspecified atom stereocenters. The summed E-state index contributed by atoms with van der Waals surface area (Å²) in [6, 6.07) is 0. The SMILES string of the molecule is CC1(CNCC2(C)CCCNC2)CCOCC1. The Balaban J connectivity index is 1.70. The monoisotopic (exact) mass is 240 g/mol. The van der Waals surface area contributed by atoms with Crippen LogP contribution in [0.5, 0.6) is 0 Å². The minimum absolute atomic E-state index is 0.455. The average molecular weight is 240 g/mol. The second kappa shape index (κ2) is 5.68. The van der Waals surface area contributed by atoms with Crippen molar-refractivity contribution in [3.8, 4) is 0 Å². The third kappa shape index (κ3) is 3.94. The van der Waals surface area contributed by atoms with Gasteiger partial charge in [0.25, 0.3) is 0 Å². The average Bonchev–Trinajstić information content (AvgIpc) is 2.30. The third-order valence-corrected chi connectivity index (χ3v) is 4.49. The van der Waals surface area contributed by atoms with Crippen molar-refractivity contribution in [1.82, 2.24) is 10.6 Å². The van der Waals surface area contributed by atoms with Crippen LogP contribution in [0.3, 0.4) is 0 Å². The third-order valence-electron chi connectivity index (χ3n) is 4.49. The molecule has 0 aromatic rings. The summed E-state index contributed by atoms with van der Waals surface area (Å²) in [6.45, 7) is 11.3. The van der Waals surface area contributed by atoms with Crippen molar-refractivity contribution in [1.29, 1.82) is 0 Å². The van der Waals surface area contributed by atoms with Crippen molar-refractivity contribution in [2.24, 2.45) is 10.8 Å². The highest BCUT2D eigenvalue weighted by Crippen LogP contribution is 2.29. The Morgan fingerprint density at radius 3 is 2.41 bits per heavy atom. The van der Waals surface area contributed by atoms with E-state index in [1.165, 1.54) is 38.8 Å². The fourth-order valence-electron chi connectivity index (χ4n) is 2.98. The van der Waals surface area contributed by atoms with E-state index >= 15 is 0 Å². The molecule has 3 nitrogen and oxygen atoms in total. The molecule has 2 heterocycles. The normalized spacial score (nSPS) is 33.5. The van der Waals surface area contributed by atoms with Crippen LogP contribution >= 0.6 is 0 Å². The Bertz CT molecular complexity index is 206. The number of hydrogen-bond acceptors (Lipinski definition) is 3. The molecule has 0 radical (unpaired) electrons. The molecule has 0 saturated carbocycles. The molecule has 2 aliphatic rings. The second-order valence-electron chi connectivity index (χ2n) is 6.62. The fraction of sp³-hybridized carbons (Fsp3) is 1.00. The summed E-state index contributed by atoms with van der Waals surface area (Å²) in [7, 11) is 0. The van der Waals surface area contributed by atoms with E-state index in [1.54, 1.807) is 0 Å². The molecule has 3 heteroatoms. The van der Waals surface area contributed by atoms with Crippen LogP contribution < -0.4 is 10.6 Å². The second-order valence-corrected chi connectivity index (χ2v) is 6.62. The van der Waals surface area contributed by atoms with E-state index in [9.17, 15) is 0 Å². The topological polar surface area (TPSA) is 33.3 Å². The van der Waals surface area contributed by atoms with E-state index in [0.717, 1.165) is 26.3 Å². The van der Waals surface area contributed by atoms with Gasteiger partial charge >= 0.3 is 0 Å². The van der Waals surface area contributed by atoms with Crippen LogP contribution in [0.25, 0.3) is 0 Å². The molecule has 0 bridgehead atoms. The zero-order chi connectivity index (χ0) is 12.2. The minimum Gasteiger partial charge on any atom is -0.381 e. The van der Waals surface area contributed by atoms with Gasteiger partial charge in [-0.3, -0.25) is 0 Å². The van der Waals surface area contributed by atoms with Gasteiger partial charge in [0.05, 0.1) is 0 Å². The van der Waals surface area contributed by atoms with Crippen molar-refractivity contribution < 1.29 is 4.74 Å². The molecule has 2 aliphatic heterocycles. The van der Waals surface area contributed by atoms with E-state index in [0.29, 0.717) is 10.8 Å². The zero-order valence-corrected chi connectivity index (χ0v) is 11.5. The first kappa shape index (κ1) is 13.3. The first-order chi connectivity index (χ1) is 8.12. The van der Waals surface area contributed by atoms with Gasteiger partial charge < -0.3 is 15.4 Å². The minimum atomic E-state index is 0.455. The van der Waals surface area contributed by atoms with Crippen molar-refractivity contribution in [3.05, 3.63) is 0 Å². The fourth-order valence-corrected chi connectivity index (χ4v) is 2.98. The summed E-state index contributed by atoms with van der Waals surface area (Å²) < 4.78 is 5.44. The molecule has 2 rings (SSSR count). The van der Waals surface area contributed by atoms with Crippen molar-refractivity contribution >= 4 is 0 Å². The maximum atomic E-state index is 5.44. The van der Waals surface area contributed by atoms with Crippen molar-refractivity contribution in [2.75, 3.05) is 39.4 Å². The molecule has 0 amide bonds. The van der Waals surface area contributed by atoms with Crippen LogP contribution in [0.1, 0.15) is 39.5 Å². The number of ether oxygens (including phenoxy) is 1. The summed E-state index contributed by atoms with van der Waals surface area (Å²) in [4.78, 5) is 0. The molecular weight excluding hydrogens is 212 g/mol. The van der Waals surface area contributed by atoms with Crippen LogP contribution in [0, 0.1) is 10.8 Å². The van der Waals surface area contributed by atoms with Crippen LogP contribution in [0.15, 0.2) is 0 Å². The summed E-state index contributed by atoms with van der Waals surface area (Å²) in [6.07, 6.45) is 5.08. The maximum Gasteiger partial charge on any atom is 0.0471 e. The smallest absolute Gasteiger partial charge is 0.0471 e. The van der Waals surface area contributed by atoms with E-state index in [1.807, 2.05) is 0 Å². The largest absolute Gasteiger partial charge is 0.381 e. The number of nitrogens with one attached hydrogen (secondary N) is 2. The van der Waals surface area contributed by atoms with Gasteiger partial charge in [0, 0.05) is 32.8 Å². The van der Waals surface area contributed by atoms with Gasteiger partial charge in [-0.2, -0.15) is 0 Å². The maximum absolute atomic E-state index is 5.44. The molecule has 2 fully saturated rings. The number of hydrogen-bond donors (Lipinski definition) is 2. The standard InChI is InChI=1S/C14H28N2O/c1-13(5-8-17-9-6-13)10-16-12-14(2)4-3-7-15-11-14/h15-16H,3-12H2,1-2H3. The Morgan fingerprint density at radius 2 is 1.76 bits per heavy atom. The summed E-state index contributed by atoms with van der Waals surface area (Å²) in [5, 5.41) is 7.22. The summed E-state index contributed by atoms with van der Waals surface area (Å²) in [5.74, 6) is 0. The van der Waals surface area contributed by atoms with Gasteiger partial charge in [0.15, 0.2) is 0 Å². The lowest BCUT2D eigenvalue weighted by molar-refractivity contribution is 0.0227. The molecule has 0 aliphatic carbocycles. The van der Waals surface area contributed by atoms with Gasteiger partial charge in [-0.25, -0.2) is 0 Å². The van der Waals surface area contributed by atoms with Crippen LogP contribution in [0.4, 0.5) is 0 Å². The molecule has 1 atom stereocenters. The molecular formula is C14H28N2O. The molecule has 0 spiro atoms. The Morgan fingerprint density at radius 1 is 1.06 bits per heavy atom. The molecule has 0 aromatic heterocycles. The first-order valence-corrected chi connectivity index (χ1v) is 7.11. The zero-order valence-electron chi connectivity index (χ0n) is 11.5. The first-order valence-electron chi connectivity index (χ1n) is 7.11. The molecule has 17 heavy (non-hydrogen) atoms. The van der Waals surface area contributed by atoms with Crippen molar-refractivity contribution in [2.45, 2.75) is 39.5 Å². The molecule has 100 valence electrons. The predicted octanol–water partition coefficient (Wildman–Crippen LogP) is 1.78. The van der Waals surface area contributed by atoms with E-state index in [4.69, 9.17) is 4.74 Å². The Hall–Kier alpha value is -0.120. The van der Waals surface area contributed by atoms with E-state index in [2.05, 4.69) is 24.5 Å².